The summed E-state index contributed by atoms with van der Waals surface area (Å²) in [4.78, 5) is 31.8. The zero-order valence-electron chi connectivity index (χ0n) is 22.6. The molecule has 12 heteroatoms. The van der Waals surface area contributed by atoms with E-state index >= 15 is 0 Å². The minimum atomic E-state index is -1.87. The summed E-state index contributed by atoms with van der Waals surface area (Å²) in [6.45, 7) is 8.01. The molecule has 4 aromatic rings. The molecule has 41 heavy (non-hydrogen) atoms. The van der Waals surface area contributed by atoms with Crippen LogP contribution in [0.1, 0.15) is 18.5 Å². The normalized spacial score (nSPS) is 21.0. The van der Waals surface area contributed by atoms with Crippen molar-refractivity contribution in [1.82, 2.24) is 29.2 Å². The Hall–Kier alpha value is -4.73. The summed E-state index contributed by atoms with van der Waals surface area (Å²) >= 11 is 0. The van der Waals surface area contributed by atoms with Gasteiger partial charge in [0.25, 0.3) is 5.56 Å². The molecule has 0 bridgehead atoms. The molecule has 3 aromatic heterocycles. The maximum Gasteiger partial charge on any atom is 0.278 e. The average molecular weight is 552 g/mol. The first-order valence-corrected chi connectivity index (χ1v) is 13.6. The number of ether oxygens (including phenoxy) is 1. The highest BCUT2D eigenvalue weighted by Gasteiger charge is 2.69. The number of hydrogen-bond donors (Lipinski definition) is 2. The van der Waals surface area contributed by atoms with Gasteiger partial charge in [0.15, 0.2) is 17.1 Å². The van der Waals surface area contributed by atoms with E-state index in [1.54, 1.807) is 22.9 Å². The molecule has 7 rings (SSSR count). The molecule has 208 valence electrons. The molecular weight excluding hydrogens is 522 g/mol. The number of aromatic nitrogens is 5. The Bertz CT molecular complexity index is 1780. The SMILES string of the molecule is C=CCn1c(=O)c2cnc(Nc3ccc(N4CCN(C)CC4)cc3)nc2n1-c1ccc2c(n1)C(O)(C#N)C1(CC1)O2. The second-order valence-corrected chi connectivity index (χ2v) is 10.8. The number of pyridine rings is 1. The zero-order valence-corrected chi connectivity index (χ0v) is 22.6. The summed E-state index contributed by atoms with van der Waals surface area (Å²) in [5.41, 5.74) is -0.706. The molecule has 0 amide bonds. The Morgan fingerprint density at radius 1 is 1.15 bits per heavy atom. The molecule has 2 fully saturated rings. The van der Waals surface area contributed by atoms with E-state index in [1.165, 1.54) is 10.9 Å². The smallest absolute Gasteiger partial charge is 0.278 e. The van der Waals surface area contributed by atoms with Gasteiger partial charge in [-0.1, -0.05) is 6.08 Å². The second-order valence-electron chi connectivity index (χ2n) is 10.8. The van der Waals surface area contributed by atoms with Crippen molar-refractivity contribution >= 4 is 28.4 Å². The maximum atomic E-state index is 13.4. The van der Waals surface area contributed by atoms with E-state index < -0.39 is 11.2 Å². The van der Waals surface area contributed by atoms with Crippen LogP contribution in [0.5, 0.6) is 5.75 Å². The van der Waals surface area contributed by atoms with E-state index in [0.717, 1.165) is 37.6 Å². The van der Waals surface area contributed by atoms with Crippen LogP contribution in [-0.4, -0.2) is 73.1 Å². The summed E-state index contributed by atoms with van der Waals surface area (Å²) in [7, 11) is 2.14. The average Bonchev–Trinajstić information content (AvgIpc) is 3.67. The monoisotopic (exact) mass is 551 g/mol. The number of aliphatic hydroxyl groups is 1. The molecule has 2 N–H and O–H groups in total. The van der Waals surface area contributed by atoms with Crippen molar-refractivity contribution in [3.63, 3.8) is 0 Å². The number of anilines is 3. The number of hydrogen-bond acceptors (Lipinski definition) is 10. The zero-order chi connectivity index (χ0) is 28.4. The third-order valence-corrected chi connectivity index (χ3v) is 8.20. The van der Waals surface area contributed by atoms with Gasteiger partial charge in [-0.15, -0.1) is 6.58 Å². The number of nitriles is 1. The molecule has 0 radical (unpaired) electrons. The largest absolute Gasteiger partial charge is 0.481 e. The fourth-order valence-electron chi connectivity index (χ4n) is 5.69. The van der Waals surface area contributed by atoms with Crippen LogP contribution in [0.4, 0.5) is 17.3 Å². The van der Waals surface area contributed by atoms with Gasteiger partial charge in [0.2, 0.25) is 11.5 Å². The van der Waals surface area contributed by atoms with Gasteiger partial charge >= 0.3 is 0 Å². The lowest BCUT2D eigenvalue weighted by molar-refractivity contribution is -0.0125. The van der Waals surface area contributed by atoms with Crippen molar-refractivity contribution in [2.24, 2.45) is 0 Å². The Balaban J connectivity index is 1.25. The van der Waals surface area contributed by atoms with E-state index in [4.69, 9.17) is 9.72 Å². The summed E-state index contributed by atoms with van der Waals surface area (Å²) < 4.78 is 8.96. The molecule has 1 spiro atoms. The highest BCUT2D eigenvalue weighted by molar-refractivity contribution is 5.77. The molecule has 1 saturated carbocycles. The number of likely N-dealkylation sites (N-methyl/N-ethyl adjacent to an activating group) is 1. The maximum absolute atomic E-state index is 13.4. The van der Waals surface area contributed by atoms with Gasteiger partial charge in [-0.2, -0.15) is 10.2 Å². The first kappa shape index (κ1) is 25.3. The van der Waals surface area contributed by atoms with E-state index in [1.807, 2.05) is 18.2 Å². The van der Waals surface area contributed by atoms with Crippen LogP contribution < -0.4 is 20.5 Å². The van der Waals surface area contributed by atoms with Crippen LogP contribution in [0.25, 0.3) is 16.9 Å². The van der Waals surface area contributed by atoms with E-state index in [-0.39, 0.29) is 17.8 Å². The van der Waals surface area contributed by atoms with Crippen LogP contribution >= 0.6 is 0 Å². The fourth-order valence-corrected chi connectivity index (χ4v) is 5.69. The molecular formula is C29H29N9O3. The molecule has 12 nitrogen and oxygen atoms in total. The quantitative estimate of drug-likeness (QED) is 0.271. The van der Waals surface area contributed by atoms with Gasteiger partial charge in [-0.05, 0) is 56.3 Å². The van der Waals surface area contributed by atoms with Crippen LogP contribution in [-0.2, 0) is 12.1 Å². The summed E-state index contributed by atoms with van der Waals surface area (Å²) in [6.07, 6.45) is 4.22. The predicted octanol–water partition coefficient (Wildman–Crippen LogP) is 2.29. The van der Waals surface area contributed by atoms with Crippen molar-refractivity contribution in [1.29, 1.82) is 5.26 Å². The van der Waals surface area contributed by atoms with Crippen LogP contribution in [0, 0.1) is 11.3 Å². The van der Waals surface area contributed by atoms with E-state index in [0.29, 0.717) is 41.4 Å². The van der Waals surface area contributed by atoms with Gasteiger partial charge in [-0.25, -0.2) is 19.3 Å². The Morgan fingerprint density at radius 3 is 2.59 bits per heavy atom. The highest BCUT2D eigenvalue weighted by Crippen LogP contribution is 2.59. The summed E-state index contributed by atoms with van der Waals surface area (Å²) in [5.74, 6) is 0.986. The van der Waals surface area contributed by atoms with Gasteiger partial charge in [0.05, 0.1) is 6.54 Å². The Kier molecular flexibility index (Phi) is 5.64. The van der Waals surface area contributed by atoms with Crippen LogP contribution in [0.3, 0.4) is 0 Å². The minimum Gasteiger partial charge on any atom is -0.481 e. The van der Waals surface area contributed by atoms with Gasteiger partial charge in [-0.3, -0.25) is 4.79 Å². The molecule has 1 aliphatic carbocycles. The predicted molar refractivity (Wildman–Crippen MR) is 153 cm³/mol. The Morgan fingerprint density at radius 2 is 1.90 bits per heavy atom. The van der Waals surface area contributed by atoms with E-state index in [9.17, 15) is 15.2 Å². The molecule has 5 heterocycles. The topological polar surface area (TPSA) is 137 Å². The summed E-state index contributed by atoms with van der Waals surface area (Å²) in [5, 5.41) is 24.7. The first-order chi connectivity index (χ1) is 19.9. The number of piperazine rings is 1. The fraction of sp³-hybridized carbons (Fsp3) is 0.345. The van der Waals surface area contributed by atoms with E-state index in [2.05, 4.69) is 50.8 Å². The number of allylic oxidation sites excluding steroid dienone is 1. The van der Waals surface area contributed by atoms with Crippen LogP contribution in [0.2, 0.25) is 0 Å². The van der Waals surface area contributed by atoms with Crippen molar-refractivity contribution in [3.05, 3.63) is 71.3 Å². The lowest BCUT2D eigenvalue weighted by Gasteiger charge is -2.34. The van der Waals surface area contributed by atoms with Crippen LogP contribution in [0.15, 0.2) is 60.0 Å². The minimum absolute atomic E-state index is 0.141. The number of fused-ring (bicyclic) bond motifs is 2. The molecule has 1 atom stereocenters. The lowest BCUT2D eigenvalue weighted by atomic mass is 9.94. The standard InChI is InChI=1S/C29H29N9O3/c1-3-12-37-26(39)21-17-31-27(32-19-4-6-20(7-5-19)36-15-13-35(2)14-16-36)34-25(21)38(37)23-9-8-22-24(33-23)29(40,18-30)28(41-22)10-11-28/h3-9,17,40H,1,10-16H2,2H3,(H,31,32,34). The van der Waals surface area contributed by atoms with Crippen molar-refractivity contribution < 1.29 is 9.84 Å². The second kappa shape index (κ2) is 9.15. The highest BCUT2D eigenvalue weighted by atomic mass is 16.5. The third-order valence-electron chi connectivity index (χ3n) is 8.20. The summed E-state index contributed by atoms with van der Waals surface area (Å²) in [6, 6.07) is 13.5. The van der Waals surface area contributed by atoms with Crippen molar-refractivity contribution in [3.8, 4) is 17.6 Å². The van der Waals surface area contributed by atoms with Crippen molar-refractivity contribution in [2.75, 3.05) is 43.4 Å². The molecule has 1 aromatic carbocycles. The van der Waals surface area contributed by atoms with Gasteiger partial charge in [0.1, 0.15) is 22.9 Å². The van der Waals surface area contributed by atoms with Crippen molar-refractivity contribution in [2.45, 2.75) is 30.6 Å². The molecule has 1 saturated heterocycles. The molecule has 2 aliphatic heterocycles. The van der Waals surface area contributed by atoms with Gasteiger partial charge in [0, 0.05) is 43.8 Å². The van der Waals surface area contributed by atoms with Gasteiger partial charge < -0.3 is 25.0 Å². The molecule has 3 aliphatic rings. The Labute approximate surface area is 235 Å². The number of nitrogens with one attached hydrogen (secondary N) is 1. The lowest BCUT2D eigenvalue weighted by Crippen LogP contribution is -2.44. The number of nitrogens with zero attached hydrogens (tertiary/aromatic N) is 8. The molecule has 1 unspecified atom stereocenters. The number of benzene rings is 1. The third kappa shape index (κ3) is 3.88. The number of rotatable bonds is 6. The first-order valence-electron chi connectivity index (χ1n) is 13.6.